The normalized spacial score (nSPS) is 10.2. The van der Waals surface area contributed by atoms with E-state index >= 15 is 0 Å². The van der Waals surface area contributed by atoms with Gasteiger partial charge in [-0.2, -0.15) is 0 Å². The molecule has 0 radical (unpaired) electrons. The first-order valence-electron chi connectivity index (χ1n) is 6.89. The number of nitrogen functional groups attached to an aromatic ring is 1. The minimum absolute atomic E-state index is 0.0828. The maximum Gasteiger partial charge on any atom is 0.253 e. The maximum atomic E-state index is 11.9. The van der Waals surface area contributed by atoms with Gasteiger partial charge in [0.15, 0.2) is 0 Å². The van der Waals surface area contributed by atoms with Crippen LogP contribution in [-0.4, -0.2) is 24.9 Å². The zero-order valence-corrected chi connectivity index (χ0v) is 12.6. The van der Waals surface area contributed by atoms with Gasteiger partial charge >= 0.3 is 0 Å². The van der Waals surface area contributed by atoms with Crippen molar-refractivity contribution in [2.75, 3.05) is 19.8 Å². The first-order chi connectivity index (χ1) is 10.0. The predicted molar refractivity (Wildman–Crippen MR) is 84.8 cm³/mol. The highest BCUT2D eigenvalue weighted by atomic mass is 16.5. The van der Waals surface area contributed by atoms with Crippen LogP contribution in [0.4, 0.5) is 5.69 Å². The van der Waals surface area contributed by atoms with E-state index < -0.39 is 0 Å². The fourth-order valence-corrected chi connectivity index (χ4v) is 1.95. The molecule has 0 saturated carbocycles. The number of benzene rings is 2. The smallest absolute Gasteiger partial charge is 0.253 e. The van der Waals surface area contributed by atoms with Gasteiger partial charge in [-0.05, 0) is 42.3 Å². The van der Waals surface area contributed by atoms with Crippen LogP contribution in [0.15, 0.2) is 42.5 Å². The Kier molecular flexibility index (Phi) is 4.48. The van der Waals surface area contributed by atoms with Gasteiger partial charge in [0.25, 0.3) is 5.91 Å². The van der Waals surface area contributed by atoms with Crippen molar-refractivity contribution in [3.05, 3.63) is 53.6 Å². The molecule has 2 aromatic rings. The van der Waals surface area contributed by atoms with E-state index in [0.29, 0.717) is 17.0 Å². The second kappa shape index (κ2) is 6.31. The van der Waals surface area contributed by atoms with Crippen molar-refractivity contribution < 1.29 is 9.53 Å². The average molecular weight is 284 g/mol. The van der Waals surface area contributed by atoms with Crippen molar-refractivity contribution in [1.29, 1.82) is 0 Å². The molecule has 0 aromatic heterocycles. The largest absolute Gasteiger partial charge is 0.455 e. The number of rotatable bonds is 4. The molecule has 0 aliphatic carbocycles. The summed E-state index contributed by atoms with van der Waals surface area (Å²) >= 11 is 0. The van der Waals surface area contributed by atoms with Gasteiger partial charge < -0.3 is 15.4 Å². The van der Waals surface area contributed by atoms with Crippen LogP contribution in [0.1, 0.15) is 22.8 Å². The van der Waals surface area contributed by atoms with Gasteiger partial charge in [0.2, 0.25) is 0 Å². The third kappa shape index (κ3) is 3.54. The number of amides is 1. The predicted octanol–water partition coefficient (Wildman–Crippen LogP) is 3.33. The van der Waals surface area contributed by atoms with E-state index in [1.807, 2.05) is 24.3 Å². The molecule has 1 amide bonds. The second-order valence-corrected chi connectivity index (χ2v) is 5.05. The Morgan fingerprint density at radius 2 is 1.81 bits per heavy atom. The minimum atomic E-state index is -0.0828. The summed E-state index contributed by atoms with van der Waals surface area (Å²) in [6, 6.07) is 12.9. The van der Waals surface area contributed by atoms with Gasteiger partial charge in [0.1, 0.15) is 11.5 Å². The van der Waals surface area contributed by atoms with E-state index in [1.54, 1.807) is 32.3 Å². The fourth-order valence-electron chi connectivity index (χ4n) is 1.95. The Hall–Kier alpha value is -2.49. The van der Waals surface area contributed by atoms with Gasteiger partial charge in [-0.3, -0.25) is 4.79 Å². The van der Waals surface area contributed by atoms with Crippen LogP contribution in [0.3, 0.4) is 0 Å². The van der Waals surface area contributed by atoms with Crippen molar-refractivity contribution in [1.82, 2.24) is 4.90 Å². The lowest BCUT2D eigenvalue weighted by Gasteiger charge is -2.13. The van der Waals surface area contributed by atoms with Crippen LogP contribution < -0.4 is 10.5 Å². The Balaban J connectivity index is 2.19. The number of anilines is 1. The molecule has 2 rings (SSSR count). The molecule has 0 unspecified atom stereocenters. The summed E-state index contributed by atoms with van der Waals surface area (Å²) in [4.78, 5) is 13.4. The van der Waals surface area contributed by atoms with Crippen molar-refractivity contribution in [2.24, 2.45) is 0 Å². The van der Waals surface area contributed by atoms with E-state index in [4.69, 9.17) is 10.5 Å². The van der Waals surface area contributed by atoms with Gasteiger partial charge in [0, 0.05) is 19.7 Å². The zero-order chi connectivity index (χ0) is 15.4. The first-order valence-corrected chi connectivity index (χ1v) is 6.89. The van der Waals surface area contributed by atoms with E-state index in [-0.39, 0.29) is 5.91 Å². The number of ether oxygens (including phenoxy) is 1. The molecular formula is C17H20N2O2. The zero-order valence-electron chi connectivity index (χ0n) is 12.6. The lowest BCUT2D eigenvalue weighted by molar-refractivity contribution is 0.0827. The number of carbonyl (C=O) groups is 1. The summed E-state index contributed by atoms with van der Waals surface area (Å²) < 4.78 is 5.75. The van der Waals surface area contributed by atoms with Gasteiger partial charge in [0.05, 0.1) is 5.69 Å². The molecule has 2 aromatic carbocycles. The Morgan fingerprint density at radius 3 is 2.33 bits per heavy atom. The first kappa shape index (κ1) is 14.9. The monoisotopic (exact) mass is 284 g/mol. The van der Waals surface area contributed by atoms with Gasteiger partial charge in [-0.1, -0.05) is 19.1 Å². The van der Waals surface area contributed by atoms with Crippen LogP contribution in [-0.2, 0) is 6.42 Å². The standard InChI is InChI=1S/C17H20N2O2/c1-4-12-5-8-14(9-6-12)21-16-10-7-13(11-15(16)18)17(20)19(2)3/h5-11H,4,18H2,1-3H3. The van der Waals surface area contributed by atoms with Crippen LogP contribution in [0.5, 0.6) is 11.5 Å². The molecule has 0 aliphatic heterocycles. The molecule has 0 spiro atoms. The number of carbonyl (C=O) groups excluding carboxylic acids is 1. The van der Waals surface area contributed by atoms with Crippen LogP contribution in [0, 0.1) is 0 Å². The van der Waals surface area contributed by atoms with Crippen molar-refractivity contribution in [2.45, 2.75) is 13.3 Å². The number of aryl methyl sites for hydroxylation is 1. The quantitative estimate of drug-likeness (QED) is 0.876. The highest BCUT2D eigenvalue weighted by Gasteiger charge is 2.11. The molecule has 0 atom stereocenters. The van der Waals surface area contributed by atoms with Crippen LogP contribution in [0.2, 0.25) is 0 Å². The number of nitrogens with zero attached hydrogens (tertiary/aromatic N) is 1. The molecule has 0 aliphatic rings. The molecule has 0 saturated heterocycles. The summed E-state index contributed by atoms with van der Waals surface area (Å²) in [5, 5.41) is 0. The molecule has 0 heterocycles. The molecule has 4 heteroatoms. The van der Waals surface area contributed by atoms with Crippen LogP contribution >= 0.6 is 0 Å². The van der Waals surface area contributed by atoms with E-state index in [1.165, 1.54) is 10.5 Å². The van der Waals surface area contributed by atoms with E-state index in [2.05, 4.69) is 6.92 Å². The number of hydrogen-bond acceptors (Lipinski definition) is 3. The van der Waals surface area contributed by atoms with Crippen LogP contribution in [0.25, 0.3) is 0 Å². The van der Waals surface area contributed by atoms with E-state index in [9.17, 15) is 4.79 Å². The van der Waals surface area contributed by atoms with Gasteiger partial charge in [-0.15, -0.1) is 0 Å². The molecule has 2 N–H and O–H groups in total. The third-order valence-corrected chi connectivity index (χ3v) is 3.22. The summed E-state index contributed by atoms with van der Waals surface area (Å²) in [6.45, 7) is 2.11. The van der Waals surface area contributed by atoms with Crippen molar-refractivity contribution >= 4 is 11.6 Å². The summed E-state index contributed by atoms with van der Waals surface area (Å²) in [5.74, 6) is 1.20. The highest BCUT2D eigenvalue weighted by molar-refractivity contribution is 5.95. The minimum Gasteiger partial charge on any atom is -0.455 e. The molecule has 0 bridgehead atoms. The number of hydrogen-bond donors (Lipinski definition) is 1. The second-order valence-electron chi connectivity index (χ2n) is 5.05. The molecular weight excluding hydrogens is 264 g/mol. The Labute approximate surface area is 125 Å². The highest BCUT2D eigenvalue weighted by Crippen LogP contribution is 2.28. The summed E-state index contributed by atoms with van der Waals surface area (Å²) in [6.07, 6.45) is 0.990. The number of nitrogens with two attached hydrogens (primary N) is 1. The molecule has 0 fully saturated rings. The lowest BCUT2D eigenvalue weighted by atomic mass is 10.1. The molecule has 4 nitrogen and oxygen atoms in total. The van der Waals surface area contributed by atoms with Gasteiger partial charge in [-0.25, -0.2) is 0 Å². The average Bonchev–Trinajstić information content (AvgIpc) is 2.49. The lowest BCUT2D eigenvalue weighted by Crippen LogP contribution is -2.21. The Morgan fingerprint density at radius 1 is 1.14 bits per heavy atom. The fraction of sp³-hybridized carbons (Fsp3) is 0.235. The van der Waals surface area contributed by atoms with Crippen molar-refractivity contribution in [3.8, 4) is 11.5 Å². The SMILES string of the molecule is CCc1ccc(Oc2ccc(C(=O)N(C)C)cc2N)cc1. The Bertz CT molecular complexity index is 634. The third-order valence-electron chi connectivity index (χ3n) is 3.22. The maximum absolute atomic E-state index is 11.9. The molecule has 110 valence electrons. The van der Waals surface area contributed by atoms with Crippen molar-refractivity contribution in [3.63, 3.8) is 0 Å². The molecule has 21 heavy (non-hydrogen) atoms. The summed E-state index contributed by atoms with van der Waals surface area (Å²) in [7, 11) is 3.41. The summed E-state index contributed by atoms with van der Waals surface area (Å²) in [5.41, 5.74) is 8.21. The topological polar surface area (TPSA) is 55.6 Å². The van der Waals surface area contributed by atoms with E-state index in [0.717, 1.165) is 12.2 Å².